The number of benzene rings is 2. The lowest BCUT2D eigenvalue weighted by atomic mass is 10.3. The molecular weight excluding hydrogens is 318 g/mol. The Morgan fingerprint density at radius 3 is 2.14 bits per heavy atom. The summed E-state index contributed by atoms with van der Waals surface area (Å²) in [5.74, 6) is -2.38. The van der Waals surface area contributed by atoms with Gasteiger partial charge in [-0.25, -0.2) is 8.78 Å². The first-order chi connectivity index (χ1) is 10.4. The number of methoxy groups -OCH3 is 2. The van der Waals surface area contributed by atoms with Crippen molar-refractivity contribution in [3.8, 4) is 17.2 Å². The van der Waals surface area contributed by atoms with Gasteiger partial charge in [0.15, 0.2) is 16.5 Å². The van der Waals surface area contributed by atoms with Crippen LogP contribution in [0.5, 0.6) is 17.2 Å². The highest BCUT2D eigenvalue weighted by atomic mass is 32.2. The number of ether oxygens (including phenoxy) is 2. The maximum Gasteiger partial charge on any atom is 0.343 e. The third-order valence-corrected chi connectivity index (χ3v) is 4.01. The molecule has 22 heavy (non-hydrogen) atoms. The van der Waals surface area contributed by atoms with E-state index in [4.69, 9.17) is 13.7 Å². The maximum absolute atomic E-state index is 13.1. The molecule has 0 spiro atoms. The van der Waals surface area contributed by atoms with Gasteiger partial charge in [0, 0.05) is 12.1 Å². The van der Waals surface area contributed by atoms with Crippen LogP contribution in [0.2, 0.25) is 0 Å². The minimum absolute atomic E-state index is 0.0309. The largest absolute Gasteiger partial charge is 0.497 e. The average Bonchev–Trinajstić information content (AvgIpc) is 2.50. The molecule has 0 unspecified atom stereocenters. The van der Waals surface area contributed by atoms with Crippen LogP contribution in [-0.2, 0) is 10.1 Å². The molecule has 2 rings (SSSR count). The minimum Gasteiger partial charge on any atom is -0.497 e. The Balaban J connectivity index is 2.43. The maximum atomic E-state index is 13.1. The molecule has 0 aliphatic rings. The van der Waals surface area contributed by atoms with Gasteiger partial charge in [-0.3, -0.25) is 0 Å². The Labute approximate surface area is 126 Å². The Bertz CT molecular complexity index is 790. The first-order valence-electron chi connectivity index (χ1n) is 5.99. The molecule has 0 N–H and O–H groups in total. The average molecular weight is 330 g/mol. The summed E-state index contributed by atoms with van der Waals surface area (Å²) in [6.45, 7) is 0. The number of rotatable bonds is 5. The summed E-state index contributed by atoms with van der Waals surface area (Å²) in [4.78, 5) is -0.293. The first-order valence-corrected chi connectivity index (χ1v) is 7.40. The van der Waals surface area contributed by atoms with Crippen LogP contribution in [0.4, 0.5) is 8.78 Å². The molecule has 0 aromatic heterocycles. The molecule has 118 valence electrons. The van der Waals surface area contributed by atoms with Crippen LogP contribution >= 0.6 is 0 Å². The van der Waals surface area contributed by atoms with E-state index in [9.17, 15) is 17.2 Å². The van der Waals surface area contributed by atoms with Crippen LogP contribution in [0.15, 0.2) is 41.3 Å². The second-order valence-electron chi connectivity index (χ2n) is 4.13. The van der Waals surface area contributed by atoms with Crippen molar-refractivity contribution in [1.29, 1.82) is 0 Å². The van der Waals surface area contributed by atoms with E-state index in [0.717, 1.165) is 12.1 Å². The zero-order valence-electron chi connectivity index (χ0n) is 11.7. The van der Waals surface area contributed by atoms with E-state index in [1.54, 1.807) is 0 Å². The van der Waals surface area contributed by atoms with E-state index < -0.39 is 21.8 Å². The van der Waals surface area contributed by atoms with Crippen molar-refractivity contribution in [3.05, 3.63) is 48.0 Å². The predicted octanol–water partition coefficient (Wildman–Crippen LogP) is 2.75. The normalized spacial score (nSPS) is 11.1. The molecule has 0 amide bonds. The number of hydrogen-bond donors (Lipinski definition) is 0. The van der Waals surface area contributed by atoms with Crippen molar-refractivity contribution in [3.63, 3.8) is 0 Å². The highest BCUT2D eigenvalue weighted by Gasteiger charge is 2.23. The predicted molar refractivity (Wildman–Crippen MR) is 73.7 cm³/mol. The topological polar surface area (TPSA) is 61.8 Å². The third kappa shape index (κ3) is 3.28. The van der Waals surface area contributed by atoms with Crippen LogP contribution in [0, 0.1) is 11.6 Å². The van der Waals surface area contributed by atoms with E-state index in [1.165, 1.54) is 32.4 Å². The van der Waals surface area contributed by atoms with Crippen molar-refractivity contribution in [2.24, 2.45) is 0 Å². The van der Waals surface area contributed by atoms with Gasteiger partial charge < -0.3 is 13.7 Å². The fourth-order valence-corrected chi connectivity index (χ4v) is 2.78. The monoisotopic (exact) mass is 330 g/mol. The molecule has 0 fully saturated rings. The molecule has 2 aromatic carbocycles. The Hall–Kier alpha value is -2.35. The number of hydrogen-bond acceptors (Lipinski definition) is 5. The second kappa shape index (κ2) is 6.18. The Kier molecular flexibility index (Phi) is 4.51. The van der Waals surface area contributed by atoms with Crippen LogP contribution in [-0.4, -0.2) is 22.6 Å². The van der Waals surface area contributed by atoms with Crippen molar-refractivity contribution >= 4 is 10.1 Å². The van der Waals surface area contributed by atoms with Gasteiger partial charge in [0.2, 0.25) is 0 Å². The molecule has 5 nitrogen and oxygen atoms in total. The molecule has 0 bridgehead atoms. The fourth-order valence-electron chi connectivity index (χ4n) is 1.68. The fraction of sp³-hybridized carbons (Fsp3) is 0.143. The lowest BCUT2D eigenvalue weighted by Gasteiger charge is -2.12. The molecule has 0 heterocycles. The van der Waals surface area contributed by atoms with Crippen molar-refractivity contribution in [2.75, 3.05) is 14.2 Å². The molecule has 8 heteroatoms. The Morgan fingerprint density at radius 2 is 1.55 bits per heavy atom. The standard InChI is InChI=1S/C14H12F2O5S/c1-19-9-4-6-13(20-2)14(8-9)22(17,18)21-10-3-5-11(15)12(16)7-10/h3-8H,1-2H3. The first kappa shape index (κ1) is 16.0. The summed E-state index contributed by atoms with van der Waals surface area (Å²) in [6, 6.07) is 6.51. The van der Waals surface area contributed by atoms with Crippen LogP contribution < -0.4 is 13.7 Å². The summed E-state index contributed by atoms with van der Waals surface area (Å²) in [5, 5.41) is 0. The van der Waals surface area contributed by atoms with E-state index in [2.05, 4.69) is 0 Å². The van der Waals surface area contributed by atoms with E-state index in [1.807, 2.05) is 0 Å². The summed E-state index contributed by atoms with van der Waals surface area (Å²) in [5.41, 5.74) is 0. The summed E-state index contributed by atoms with van der Waals surface area (Å²) in [6.07, 6.45) is 0. The molecular formula is C14H12F2O5S. The smallest absolute Gasteiger partial charge is 0.343 e. The van der Waals surface area contributed by atoms with Gasteiger partial charge in [0.05, 0.1) is 14.2 Å². The van der Waals surface area contributed by atoms with Crippen molar-refractivity contribution in [1.82, 2.24) is 0 Å². The molecule has 0 radical (unpaired) electrons. The summed E-state index contributed by atoms with van der Waals surface area (Å²) >= 11 is 0. The zero-order valence-corrected chi connectivity index (χ0v) is 12.5. The molecule has 0 aliphatic carbocycles. The van der Waals surface area contributed by atoms with Gasteiger partial charge in [-0.1, -0.05) is 0 Å². The Morgan fingerprint density at radius 1 is 0.864 bits per heavy atom. The number of halogens is 2. The second-order valence-corrected chi connectivity index (χ2v) is 5.64. The summed E-state index contributed by atoms with van der Waals surface area (Å²) < 4.78 is 65.2. The van der Waals surface area contributed by atoms with E-state index in [0.29, 0.717) is 6.07 Å². The van der Waals surface area contributed by atoms with Crippen LogP contribution in [0.25, 0.3) is 0 Å². The van der Waals surface area contributed by atoms with Gasteiger partial charge in [-0.05, 0) is 24.3 Å². The lowest BCUT2D eigenvalue weighted by Crippen LogP contribution is -2.11. The van der Waals surface area contributed by atoms with Gasteiger partial charge in [-0.2, -0.15) is 8.42 Å². The molecule has 0 saturated heterocycles. The van der Waals surface area contributed by atoms with Gasteiger partial charge in [0.1, 0.15) is 17.2 Å². The highest BCUT2D eigenvalue weighted by Crippen LogP contribution is 2.30. The van der Waals surface area contributed by atoms with Crippen molar-refractivity contribution < 1.29 is 30.9 Å². The zero-order chi connectivity index (χ0) is 16.3. The van der Waals surface area contributed by atoms with E-state index in [-0.39, 0.29) is 22.1 Å². The van der Waals surface area contributed by atoms with Gasteiger partial charge >= 0.3 is 10.1 Å². The van der Waals surface area contributed by atoms with E-state index >= 15 is 0 Å². The molecule has 0 atom stereocenters. The third-order valence-electron chi connectivity index (χ3n) is 2.74. The minimum atomic E-state index is -4.31. The molecule has 0 saturated carbocycles. The van der Waals surface area contributed by atoms with Gasteiger partial charge in [0.25, 0.3) is 0 Å². The van der Waals surface area contributed by atoms with Crippen LogP contribution in [0.3, 0.4) is 0 Å². The quantitative estimate of drug-likeness (QED) is 0.789. The molecule has 0 aliphatic heterocycles. The summed E-state index contributed by atoms with van der Waals surface area (Å²) in [7, 11) is -1.65. The van der Waals surface area contributed by atoms with Gasteiger partial charge in [-0.15, -0.1) is 0 Å². The highest BCUT2D eigenvalue weighted by molar-refractivity contribution is 7.87. The lowest BCUT2D eigenvalue weighted by molar-refractivity contribution is 0.388. The molecule has 2 aromatic rings. The SMILES string of the molecule is COc1ccc(OC)c(S(=O)(=O)Oc2ccc(F)c(F)c2)c1. The van der Waals surface area contributed by atoms with Crippen LogP contribution in [0.1, 0.15) is 0 Å². The van der Waals surface area contributed by atoms with Crippen molar-refractivity contribution in [2.45, 2.75) is 4.90 Å².